The van der Waals surface area contributed by atoms with Crippen molar-refractivity contribution in [3.63, 3.8) is 0 Å². The average molecular weight is 500 g/mol. The maximum Gasteiger partial charge on any atom is 0.265 e. The van der Waals surface area contributed by atoms with E-state index in [1.807, 2.05) is 0 Å². The molecule has 38 heavy (non-hydrogen) atoms. The fraction of sp³-hybridized carbons (Fsp3) is 0.265. The van der Waals surface area contributed by atoms with Gasteiger partial charge in [0.15, 0.2) is 11.0 Å². The summed E-state index contributed by atoms with van der Waals surface area (Å²) < 4.78 is 4.97. The number of fused-ring (bicyclic) bond motifs is 2. The van der Waals surface area contributed by atoms with Gasteiger partial charge in [-0.2, -0.15) is 4.57 Å². The van der Waals surface area contributed by atoms with Gasteiger partial charge in [0, 0.05) is 18.7 Å². The number of benzene rings is 4. The third kappa shape index (κ3) is 3.39. The highest BCUT2D eigenvalue weighted by molar-refractivity contribution is 5.83. The van der Waals surface area contributed by atoms with Gasteiger partial charge in [0.1, 0.15) is 11.9 Å². The Morgan fingerprint density at radius 2 is 1.29 bits per heavy atom. The molecular formula is C34H35N4+. The Morgan fingerprint density at radius 3 is 2.03 bits per heavy atom. The predicted octanol–water partition coefficient (Wildman–Crippen LogP) is 7.20. The minimum atomic E-state index is 0.287. The van der Waals surface area contributed by atoms with Crippen molar-refractivity contribution in [1.29, 1.82) is 0 Å². The lowest BCUT2D eigenvalue weighted by Gasteiger charge is -2.37. The van der Waals surface area contributed by atoms with Crippen LogP contribution in [0.15, 0.2) is 109 Å². The van der Waals surface area contributed by atoms with Crippen molar-refractivity contribution in [2.75, 3.05) is 16.8 Å². The molecule has 0 bridgehead atoms. The monoisotopic (exact) mass is 499 g/mol. The number of rotatable bonds is 4. The summed E-state index contributed by atoms with van der Waals surface area (Å²) in [5, 5.41) is 0. The zero-order valence-corrected chi connectivity index (χ0v) is 22.4. The minimum absolute atomic E-state index is 0.287. The van der Waals surface area contributed by atoms with Gasteiger partial charge < -0.3 is 9.80 Å². The van der Waals surface area contributed by atoms with Crippen LogP contribution in [0.5, 0.6) is 0 Å². The number of aromatic nitrogens is 2. The van der Waals surface area contributed by atoms with Crippen molar-refractivity contribution in [3.8, 4) is 5.69 Å². The van der Waals surface area contributed by atoms with E-state index >= 15 is 0 Å². The van der Waals surface area contributed by atoms with Crippen molar-refractivity contribution in [1.82, 2.24) is 4.57 Å². The zero-order valence-electron chi connectivity index (χ0n) is 22.4. The summed E-state index contributed by atoms with van der Waals surface area (Å²) in [6.45, 7) is 2.50. The van der Waals surface area contributed by atoms with Crippen molar-refractivity contribution in [2.45, 2.75) is 31.8 Å². The predicted molar refractivity (Wildman–Crippen MR) is 156 cm³/mol. The van der Waals surface area contributed by atoms with E-state index in [9.17, 15) is 0 Å². The highest BCUT2D eigenvalue weighted by atomic mass is 15.4. The lowest BCUT2D eigenvalue weighted by molar-refractivity contribution is -0.655. The second-order valence-corrected chi connectivity index (χ2v) is 11.0. The fourth-order valence-electron chi connectivity index (χ4n) is 7.36. The van der Waals surface area contributed by atoms with Gasteiger partial charge in [-0.05, 0) is 67.3 Å². The first-order valence-corrected chi connectivity index (χ1v) is 13.9. The quantitative estimate of drug-likeness (QED) is 0.243. The maximum atomic E-state index is 2.59. The van der Waals surface area contributed by atoms with E-state index in [0.29, 0.717) is 17.8 Å². The molecular weight excluding hydrogens is 464 g/mol. The highest BCUT2D eigenvalue weighted by Gasteiger charge is 2.49. The molecule has 4 nitrogen and oxygen atoms in total. The second-order valence-electron chi connectivity index (χ2n) is 11.0. The van der Waals surface area contributed by atoms with Crippen molar-refractivity contribution < 1.29 is 4.57 Å². The van der Waals surface area contributed by atoms with Crippen LogP contribution in [0, 0.1) is 11.8 Å². The van der Waals surface area contributed by atoms with Crippen molar-refractivity contribution >= 4 is 28.1 Å². The molecule has 190 valence electrons. The van der Waals surface area contributed by atoms with Gasteiger partial charge in [-0.3, -0.25) is 0 Å². The van der Waals surface area contributed by atoms with Crippen LogP contribution in [0.2, 0.25) is 0 Å². The summed E-state index contributed by atoms with van der Waals surface area (Å²) in [5.74, 6) is 2.92. The molecule has 1 saturated carbocycles. The molecule has 1 aromatic heterocycles. The zero-order chi connectivity index (χ0) is 25.8. The fourth-order valence-corrected chi connectivity index (χ4v) is 7.36. The number of hydrogen-bond donors (Lipinski definition) is 0. The summed E-state index contributed by atoms with van der Waals surface area (Å²) in [6, 6.07) is 39.6. The van der Waals surface area contributed by atoms with Gasteiger partial charge in [-0.1, -0.05) is 67.6 Å². The molecule has 0 amide bonds. The molecule has 4 unspecified atom stereocenters. The molecule has 0 spiro atoms. The van der Waals surface area contributed by atoms with Crippen LogP contribution < -0.4 is 14.4 Å². The summed E-state index contributed by atoms with van der Waals surface area (Å²) in [4.78, 5) is 5.12. The van der Waals surface area contributed by atoms with E-state index in [4.69, 9.17) is 0 Å². The number of nitrogens with zero attached hydrogens (tertiary/aromatic N) is 4. The molecule has 1 aliphatic heterocycles. The van der Waals surface area contributed by atoms with Crippen LogP contribution in [-0.2, 0) is 7.05 Å². The van der Waals surface area contributed by atoms with E-state index in [0.717, 1.165) is 0 Å². The number of aryl methyl sites for hydroxylation is 1. The van der Waals surface area contributed by atoms with E-state index < -0.39 is 0 Å². The summed E-state index contributed by atoms with van der Waals surface area (Å²) in [7, 11) is 4.54. The highest BCUT2D eigenvalue weighted by Crippen LogP contribution is 2.52. The molecule has 1 fully saturated rings. The first kappa shape index (κ1) is 23.1. The van der Waals surface area contributed by atoms with Gasteiger partial charge in [-0.25, -0.2) is 4.57 Å². The van der Waals surface area contributed by atoms with Gasteiger partial charge in [0.05, 0.1) is 24.3 Å². The Bertz CT molecular complexity index is 1590. The average Bonchev–Trinajstić information content (AvgIpc) is 3.58. The van der Waals surface area contributed by atoms with E-state index in [-0.39, 0.29) is 6.17 Å². The smallest absolute Gasteiger partial charge is 0.265 e. The van der Waals surface area contributed by atoms with Crippen molar-refractivity contribution in [3.05, 3.63) is 115 Å². The molecule has 0 radical (unpaired) electrons. The van der Waals surface area contributed by atoms with Gasteiger partial charge in [0.2, 0.25) is 0 Å². The lowest BCUT2D eigenvalue weighted by Crippen LogP contribution is -2.46. The van der Waals surface area contributed by atoms with E-state index in [1.54, 1.807) is 0 Å². The maximum absolute atomic E-state index is 2.59. The lowest BCUT2D eigenvalue weighted by atomic mass is 9.87. The summed E-state index contributed by atoms with van der Waals surface area (Å²) in [5.41, 5.74) is 7.72. The van der Waals surface area contributed by atoms with Crippen LogP contribution in [0.25, 0.3) is 16.7 Å². The first-order chi connectivity index (χ1) is 18.6. The second kappa shape index (κ2) is 9.05. The third-order valence-electron chi connectivity index (χ3n) is 9.12. The summed E-state index contributed by atoms with van der Waals surface area (Å²) in [6.07, 6.45) is 2.68. The number of para-hydroxylation sites is 6. The molecule has 4 atom stereocenters. The molecule has 5 aromatic rings. The van der Waals surface area contributed by atoms with Gasteiger partial charge in [0.25, 0.3) is 5.82 Å². The normalized spacial score (nSPS) is 22.8. The largest absolute Gasteiger partial charge is 0.352 e. The van der Waals surface area contributed by atoms with Crippen LogP contribution >= 0.6 is 0 Å². The molecule has 0 N–H and O–H groups in total. The Morgan fingerprint density at radius 1 is 0.684 bits per heavy atom. The number of imidazole rings is 1. The topological polar surface area (TPSA) is 15.3 Å². The molecule has 2 aliphatic rings. The molecule has 4 heteroatoms. The third-order valence-corrected chi connectivity index (χ3v) is 9.12. The van der Waals surface area contributed by atoms with E-state index in [2.05, 4.69) is 149 Å². The molecule has 4 aromatic carbocycles. The molecule has 2 heterocycles. The molecule has 1 aliphatic carbocycles. The molecule has 0 saturated heterocycles. The standard InChI is InChI=1S/C34H35N4/c1-24-27(33-35(2)29-18-10-12-20-31(29)37(33)25-14-6-4-7-15-25)22-23-28(24)34-36(3)30-19-11-13-21-32(30)38(34)26-16-8-5-9-17-26/h4-21,24,27-28,33H,22-23H2,1-3H3/q+1. The molecule has 7 rings (SSSR count). The van der Waals surface area contributed by atoms with Crippen LogP contribution in [0.1, 0.15) is 31.5 Å². The van der Waals surface area contributed by atoms with E-state index in [1.165, 1.54) is 52.4 Å². The van der Waals surface area contributed by atoms with Crippen molar-refractivity contribution in [2.24, 2.45) is 18.9 Å². The Balaban J connectivity index is 1.33. The van der Waals surface area contributed by atoms with Crippen LogP contribution in [0.3, 0.4) is 0 Å². The van der Waals surface area contributed by atoms with Gasteiger partial charge >= 0.3 is 0 Å². The Kier molecular flexibility index (Phi) is 5.50. The minimum Gasteiger partial charge on any atom is -0.352 e. The number of hydrogen-bond acceptors (Lipinski definition) is 2. The van der Waals surface area contributed by atoms with Gasteiger partial charge in [-0.15, -0.1) is 0 Å². The van der Waals surface area contributed by atoms with Crippen LogP contribution in [-0.4, -0.2) is 17.8 Å². The SMILES string of the molecule is CC1C(c2n(-c3ccccc3)c3ccccc3[n+]2C)CCC1C1N(C)c2ccccc2N1c1ccccc1. The Labute approximate surface area is 225 Å². The summed E-state index contributed by atoms with van der Waals surface area (Å²) >= 11 is 0. The number of anilines is 3. The Hall–Kier alpha value is -4.05. The first-order valence-electron chi connectivity index (χ1n) is 13.9. The van der Waals surface area contributed by atoms with Crippen LogP contribution in [0.4, 0.5) is 17.1 Å².